The minimum atomic E-state index is -1.08. The van der Waals surface area contributed by atoms with Crippen LogP contribution >= 0.6 is 0 Å². The Morgan fingerprint density at radius 1 is 1.71 bits per heavy atom. The SMILES string of the molecule is N#Cc1ccc(NOCC(=O)O)nc1. The summed E-state index contributed by atoms with van der Waals surface area (Å²) in [5.74, 6) is -0.726. The molecule has 0 aliphatic rings. The zero-order chi connectivity index (χ0) is 10.4. The first-order chi connectivity index (χ1) is 6.72. The summed E-state index contributed by atoms with van der Waals surface area (Å²) in [7, 11) is 0. The van der Waals surface area contributed by atoms with Crippen molar-refractivity contribution in [3.8, 4) is 6.07 Å². The van der Waals surface area contributed by atoms with E-state index in [0.717, 1.165) is 0 Å². The second kappa shape index (κ2) is 4.79. The Morgan fingerprint density at radius 3 is 3.00 bits per heavy atom. The highest BCUT2D eigenvalue weighted by molar-refractivity contribution is 5.68. The molecule has 0 saturated heterocycles. The largest absolute Gasteiger partial charge is 0.479 e. The van der Waals surface area contributed by atoms with Crippen LogP contribution in [-0.4, -0.2) is 22.7 Å². The first-order valence-electron chi connectivity index (χ1n) is 3.68. The van der Waals surface area contributed by atoms with Crippen LogP contribution in [0, 0.1) is 11.3 Å². The van der Waals surface area contributed by atoms with Gasteiger partial charge in [-0.3, -0.25) is 4.84 Å². The van der Waals surface area contributed by atoms with E-state index in [4.69, 9.17) is 10.4 Å². The summed E-state index contributed by atoms with van der Waals surface area (Å²) in [4.78, 5) is 18.4. The maximum atomic E-state index is 10.1. The van der Waals surface area contributed by atoms with Gasteiger partial charge in [0.05, 0.1) is 5.56 Å². The zero-order valence-electron chi connectivity index (χ0n) is 7.10. The predicted molar refractivity (Wildman–Crippen MR) is 46.2 cm³/mol. The third-order valence-corrected chi connectivity index (χ3v) is 1.26. The lowest BCUT2D eigenvalue weighted by molar-refractivity contribution is -0.141. The smallest absolute Gasteiger partial charge is 0.332 e. The molecule has 0 amide bonds. The molecule has 72 valence electrons. The van der Waals surface area contributed by atoms with Crippen LogP contribution in [0.2, 0.25) is 0 Å². The molecule has 6 nitrogen and oxygen atoms in total. The van der Waals surface area contributed by atoms with Gasteiger partial charge in [-0.1, -0.05) is 0 Å². The second-order valence-corrected chi connectivity index (χ2v) is 2.33. The van der Waals surface area contributed by atoms with E-state index in [2.05, 4.69) is 15.3 Å². The molecular weight excluding hydrogens is 186 g/mol. The standard InChI is InChI=1S/C8H7N3O3/c9-3-6-1-2-7(10-4-6)11-14-5-8(12)13/h1-2,4H,5H2,(H,10,11)(H,12,13). The van der Waals surface area contributed by atoms with Crippen molar-refractivity contribution >= 4 is 11.8 Å². The summed E-state index contributed by atoms with van der Waals surface area (Å²) >= 11 is 0. The van der Waals surface area contributed by atoms with Crippen LogP contribution < -0.4 is 5.48 Å². The summed E-state index contributed by atoms with van der Waals surface area (Å²) in [5, 5.41) is 16.7. The fourth-order valence-electron chi connectivity index (χ4n) is 0.692. The molecule has 0 spiro atoms. The molecule has 0 aromatic carbocycles. The number of rotatable bonds is 4. The van der Waals surface area contributed by atoms with Gasteiger partial charge in [0.1, 0.15) is 11.9 Å². The average molecular weight is 193 g/mol. The Labute approximate surface area is 79.7 Å². The van der Waals surface area contributed by atoms with Gasteiger partial charge in [-0.25, -0.2) is 15.3 Å². The molecule has 6 heteroatoms. The maximum absolute atomic E-state index is 10.1. The van der Waals surface area contributed by atoms with Crippen LogP contribution in [-0.2, 0) is 9.63 Å². The Bertz CT molecular complexity index is 355. The number of carbonyl (C=O) groups is 1. The van der Waals surface area contributed by atoms with Crippen molar-refractivity contribution in [2.24, 2.45) is 0 Å². The minimum Gasteiger partial charge on any atom is -0.479 e. The van der Waals surface area contributed by atoms with Crippen molar-refractivity contribution in [1.82, 2.24) is 4.98 Å². The Balaban J connectivity index is 2.45. The number of aliphatic carboxylic acids is 1. The molecule has 1 rings (SSSR count). The van der Waals surface area contributed by atoms with Gasteiger partial charge < -0.3 is 5.11 Å². The summed E-state index contributed by atoms with van der Waals surface area (Å²) in [6.07, 6.45) is 1.35. The summed E-state index contributed by atoms with van der Waals surface area (Å²) < 4.78 is 0. The Kier molecular flexibility index (Phi) is 3.41. The topological polar surface area (TPSA) is 95.2 Å². The lowest BCUT2D eigenvalue weighted by Crippen LogP contribution is -2.11. The molecule has 0 aliphatic heterocycles. The van der Waals surface area contributed by atoms with Gasteiger partial charge in [-0.05, 0) is 12.1 Å². The fraction of sp³-hybridized carbons (Fsp3) is 0.125. The molecule has 1 aromatic heterocycles. The number of nitriles is 1. The second-order valence-electron chi connectivity index (χ2n) is 2.33. The van der Waals surface area contributed by atoms with Crippen molar-refractivity contribution in [3.63, 3.8) is 0 Å². The van der Waals surface area contributed by atoms with E-state index in [1.807, 2.05) is 6.07 Å². The quantitative estimate of drug-likeness (QED) is 0.671. The number of anilines is 1. The highest BCUT2D eigenvalue weighted by Crippen LogP contribution is 2.03. The number of carboxylic acids is 1. The fourth-order valence-corrected chi connectivity index (χ4v) is 0.692. The molecule has 0 radical (unpaired) electrons. The lowest BCUT2D eigenvalue weighted by Gasteiger charge is -2.02. The van der Waals surface area contributed by atoms with Crippen LogP contribution in [0.5, 0.6) is 0 Å². The monoisotopic (exact) mass is 193 g/mol. The molecule has 0 bridgehead atoms. The van der Waals surface area contributed by atoms with Crippen LogP contribution in [0.25, 0.3) is 0 Å². The Morgan fingerprint density at radius 2 is 2.50 bits per heavy atom. The van der Waals surface area contributed by atoms with E-state index in [1.165, 1.54) is 12.3 Å². The summed E-state index contributed by atoms with van der Waals surface area (Å²) in [5.41, 5.74) is 2.75. The lowest BCUT2D eigenvalue weighted by atomic mass is 10.3. The maximum Gasteiger partial charge on any atom is 0.332 e. The minimum absolute atomic E-state index is 0.352. The molecular formula is C8H7N3O3. The third-order valence-electron chi connectivity index (χ3n) is 1.26. The third kappa shape index (κ3) is 3.08. The van der Waals surface area contributed by atoms with Gasteiger partial charge in [0, 0.05) is 6.20 Å². The number of hydrogen-bond donors (Lipinski definition) is 2. The van der Waals surface area contributed by atoms with Crippen molar-refractivity contribution in [1.29, 1.82) is 5.26 Å². The number of carboxylic acid groups (broad SMARTS) is 1. The Hall–Kier alpha value is -2.13. The first kappa shape index (κ1) is 9.95. The number of nitrogens with one attached hydrogen (secondary N) is 1. The predicted octanol–water partition coefficient (Wildman–Crippen LogP) is 0.381. The zero-order valence-corrected chi connectivity index (χ0v) is 7.10. The summed E-state index contributed by atoms with van der Waals surface area (Å²) in [6.45, 7) is -0.457. The van der Waals surface area contributed by atoms with E-state index in [0.29, 0.717) is 11.4 Å². The molecule has 2 N–H and O–H groups in total. The van der Waals surface area contributed by atoms with Gasteiger partial charge in [0.25, 0.3) is 0 Å². The van der Waals surface area contributed by atoms with Gasteiger partial charge >= 0.3 is 5.97 Å². The van der Waals surface area contributed by atoms with Crippen LogP contribution in [0.3, 0.4) is 0 Å². The first-order valence-corrected chi connectivity index (χ1v) is 3.68. The van der Waals surface area contributed by atoms with E-state index < -0.39 is 12.6 Å². The molecule has 0 saturated carbocycles. The molecule has 0 aliphatic carbocycles. The van der Waals surface area contributed by atoms with Gasteiger partial charge in [-0.2, -0.15) is 5.26 Å². The normalized spacial score (nSPS) is 9.07. The molecule has 0 fully saturated rings. The van der Waals surface area contributed by atoms with Gasteiger partial charge in [0.2, 0.25) is 0 Å². The highest BCUT2D eigenvalue weighted by atomic mass is 16.7. The van der Waals surface area contributed by atoms with Crippen molar-refractivity contribution in [2.75, 3.05) is 12.1 Å². The van der Waals surface area contributed by atoms with Crippen LogP contribution in [0.1, 0.15) is 5.56 Å². The highest BCUT2D eigenvalue weighted by Gasteiger charge is 1.97. The van der Waals surface area contributed by atoms with Crippen molar-refractivity contribution < 1.29 is 14.7 Å². The van der Waals surface area contributed by atoms with Gasteiger partial charge in [-0.15, -0.1) is 0 Å². The number of aromatic nitrogens is 1. The van der Waals surface area contributed by atoms with E-state index in [1.54, 1.807) is 6.07 Å². The van der Waals surface area contributed by atoms with Crippen molar-refractivity contribution in [2.45, 2.75) is 0 Å². The average Bonchev–Trinajstić information content (AvgIpc) is 2.18. The van der Waals surface area contributed by atoms with Crippen molar-refractivity contribution in [3.05, 3.63) is 23.9 Å². The van der Waals surface area contributed by atoms with E-state index in [9.17, 15) is 4.79 Å². The van der Waals surface area contributed by atoms with Crippen LogP contribution in [0.4, 0.5) is 5.82 Å². The number of hydrogen-bond acceptors (Lipinski definition) is 5. The molecule has 1 heterocycles. The number of nitrogens with zero attached hydrogens (tertiary/aromatic N) is 2. The molecule has 0 atom stereocenters. The molecule has 14 heavy (non-hydrogen) atoms. The van der Waals surface area contributed by atoms with Gasteiger partial charge in [0.15, 0.2) is 6.61 Å². The van der Waals surface area contributed by atoms with Crippen LogP contribution in [0.15, 0.2) is 18.3 Å². The number of pyridine rings is 1. The van der Waals surface area contributed by atoms with E-state index >= 15 is 0 Å². The summed E-state index contributed by atoms with van der Waals surface area (Å²) in [6, 6.07) is 4.96. The molecule has 1 aromatic rings. The molecule has 0 unspecified atom stereocenters. The van der Waals surface area contributed by atoms with E-state index in [-0.39, 0.29) is 0 Å².